The molecular weight excluding hydrogens is 406 g/mol. The van der Waals surface area contributed by atoms with E-state index in [4.69, 9.17) is 9.47 Å². The lowest BCUT2D eigenvalue weighted by atomic mass is 9.98. The highest BCUT2D eigenvalue weighted by Crippen LogP contribution is 2.25. The number of aliphatic imine (C=N–C) groups is 1. The van der Waals surface area contributed by atoms with Gasteiger partial charge in [0.2, 0.25) is 12.1 Å². The van der Waals surface area contributed by atoms with Gasteiger partial charge in [-0.15, -0.1) is 10.6 Å². The molecule has 3 N–H and O–H groups in total. The minimum absolute atomic E-state index is 0.406. The lowest BCUT2D eigenvalue weighted by molar-refractivity contribution is -0.0537. The topological polar surface area (TPSA) is 94.9 Å². The second kappa shape index (κ2) is 11.9. The van der Waals surface area contributed by atoms with E-state index < -0.39 is 6.29 Å². The van der Waals surface area contributed by atoms with Crippen molar-refractivity contribution in [3.05, 3.63) is 59.7 Å². The summed E-state index contributed by atoms with van der Waals surface area (Å²) in [4.78, 5) is 4.00. The predicted octanol–water partition coefficient (Wildman–Crippen LogP) is 2.86. The van der Waals surface area contributed by atoms with Crippen molar-refractivity contribution in [3.8, 4) is 11.1 Å². The van der Waals surface area contributed by atoms with E-state index in [9.17, 15) is 0 Å². The Hall–Kier alpha value is -3.27. The molecule has 32 heavy (non-hydrogen) atoms. The Kier molecular flexibility index (Phi) is 8.73. The molecule has 0 aliphatic carbocycles. The van der Waals surface area contributed by atoms with E-state index in [1.807, 2.05) is 23.2 Å². The maximum Gasteiger partial charge on any atom is 0.220 e. The molecule has 1 heterocycles. The highest BCUT2D eigenvalue weighted by Gasteiger charge is 2.16. The molecule has 0 fully saturated rings. The predicted molar refractivity (Wildman–Crippen MR) is 128 cm³/mol. The van der Waals surface area contributed by atoms with Crippen molar-refractivity contribution in [2.45, 2.75) is 32.6 Å². The van der Waals surface area contributed by atoms with Gasteiger partial charge in [-0.25, -0.2) is 10.5 Å². The molecule has 1 aliphatic rings. The number of unbranched alkanes of at least 4 members (excludes halogenated alkanes) is 1. The summed E-state index contributed by atoms with van der Waals surface area (Å²) in [5.74, 6) is 1.16. The second-order valence-corrected chi connectivity index (χ2v) is 7.23. The zero-order chi connectivity index (χ0) is 22.8. The molecule has 0 aromatic heterocycles. The number of rotatable bonds is 11. The number of methoxy groups -OCH3 is 2. The number of hydrazine groups is 2. The van der Waals surface area contributed by atoms with Crippen LogP contribution >= 0.6 is 0 Å². The van der Waals surface area contributed by atoms with Gasteiger partial charge in [-0.3, -0.25) is 10.4 Å². The van der Waals surface area contributed by atoms with Gasteiger partial charge in [0.05, 0.1) is 6.54 Å². The van der Waals surface area contributed by atoms with E-state index in [-0.39, 0.29) is 0 Å². The molecule has 9 heteroatoms. The van der Waals surface area contributed by atoms with Crippen LogP contribution in [-0.4, -0.2) is 50.5 Å². The Morgan fingerprint density at radius 3 is 2.41 bits per heavy atom. The van der Waals surface area contributed by atoms with Gasteiger partial charge in [0.25, 0.3) is 0 Å². The van der Waals surface area contributed by atoms with Crippen molar-refractivity contribution in [2.75, 3.05) is 20.8 Å². The number of benzene rings is 2. The number of hydrogen-bond acceptors (Lipinski definition) is 8. The van der Waals surface area contributed by atoms with Crippen LogP contribution in [0, 0.1) is 0 Å². The monoisotopic (exact) mass is 437 g/mol. The Labute approximate surface area is 189 Å². The van der Waals surface area contributed by atoms with Crippen LogP contribution in [-0.2, 0) is 16.0 Å². The number of amidine groups is 2. The number of ether oxygens (including phenoxy) is 2. The van der Waals surface area contributed by atoms with Gasteiger partial charge in [0.1, 0.15) is 0 Å². The summed E-state index contributed by atoms with van der Waals surface area (Å²) in [6.45, 7) is 7.21. The zero-order valence-corrected chi connectivity index (χ0v) is 18.8. The SMILES string of the molecule is C=N/C(=N\N(CCCC)Cc1ccc(-c2ccccc2C2=NNNN2)cc1)C(OC)OC. The quantitative estimate of drug-likeness (QED) is 0.217. The summed E-state index contributed by atoms with van der Waals surface area (Å²) in [6, 6.07) is 16.6. The van der Waals surface area contributed by atoms with Crippen LogP contribution in [0.2, 0.25) is 0 Å². The lowest BCUT2D eigenvalue weighted by Crippen LogP contribution is -2.35. The number of hydrazone groups is 2. The molecule has 0 amide bonds. The molecule has 0 spiro atoms. The third kappa shape index (κ3) is 5.91. The molecule has 0 bridgehead atoms. The normalized spacial score (nSPS) is 13.5. The molecule has 0 radical (unpaired) electrons. The number of hydrogen-bond donors (Lipinski definition) is 3. The molecular formula is C23H31N7O2. The summed E-state index contributed by atoms with van der Waals surface area (Å²) in [5.41, 5.74) is 12.9. The standard InChI is InChI=1S/C23H31N7O2/c1-5-6-15-30(27-22(24-2)23(31-3)32-4)16-17-11-13-18(14-12-17)19-9-7-8-10-20(19)21-25-28-29-26-21/h7-14,23,28-29H,2,5-6,15-16H2,1,3-4H3,(H,25,26)/b27-22-. The minimum Gasteiger partial charge on any atom is -0.349 e. The molecule has 2 aromatic rings. The van der Waals surface area contributed by atoms with Crippen LogP contribution in [0.15, 0.2) is 63.7 Å². The molecule has 0 saturated heterocycles. The molecule has 3 rings (SSSR count). The van der Waals surface area contributed by atoms with Gasteiger partial charge in [-0.05, 0) is 29.8 Å². The average Bonchev–Trinajstić information content (AvgIpc) is 3.38. The van der Waals surface area contributed by atoms with Crippen LogP contribution in [0.3, 0.4) is 0 Å². The van der Waals surface area contributed by atoms with E-state index >= 15 is 0 Å². The largest absolute Gasteiger partial charge is 0.349 e. The van der Waals surface area contributed by atoms with Gasteiger partial charge in [-0.1, -0.05) is 61.9 Å². The average molecular weight is 438 g/mol. The van der Waals surface area contributed by atoms with Crippen LogP contribution in [0.4, 0.5) is 0 Å². The maximum atomic E-state index is 5.29. The molecule has 0 atom stereocenters. The Bertz CT molecular complexity index is 940. The molecule has 9 nitrogen and oxygen atoms in total. The van der Waals surface area contributed by atoms with Crippen molar-refractivity contribution >= 4 is 18.4 Å². The van der Waals surface area contributed by atoms with Gasteiger partial charge in [-0.2, -0.15) is 5.10 Å². The van der Waals surface area contributed by atoms with Gasteiger partial charge >= 0.3 is 0 Å². The highest BCUT2D eigenvalue weighted by atomic mass is 16.7. The fraction of sp³-hybridized carbons (Fsp3) is 0.348. The highest BCUT2D eigenvalue weighted by molar-refractivity contribution is 6.04. The van der Waals surface area contributed by atoms with Crippen LogP contribution < -0.4 is 16.5 Å². The van der Waals surface area contributed by atoms with E-state index in [0.29, 0.717) is 12.4 Å². The molecule has 1 aliphatic heterocycles. The van der Waals surface area contributed by atoms with Crippen molar-refractivity contribution in [1.29, 1.82) is 0 Å². The number of nitrogens with one attached hydrogen (secondary N) is 3. The molecule has 0 unspecified atom stereocenters. The van der Waals surface area contributed by atoms with Crippen molar-refractivity contribution in [3.63, 3.8) is 0 Å². The van der Waals surface area contributed by atoms with E-state index in [1.165, 1.54) is 0 Å². The second-order valence-electron chi connectivity index (χ2n) is 7.23. The van der Waals surface area contributed by atoms with E-state index in [2.05, 4.69) is 75.7 Å². The summed E-state index contributed by atoms with van der Waals surface area (Å²) >= 11 is 0. The molecule has 2 aromatic carbocycles. The fourth-order valence-electron chi connectivity index (χ4n) is 3.38. The van der Waals surface area contributed by atoms with Crippen molar-refractivity contribution in [2.24, 2.45) is 15.2 Å². The third-order valence-electron chi connectivity index (χ3n) is 5.03. The smallest absolute Gasteiger partial charge is 0.220 e. The zero-order valence-electron chi connectivity index (χ0n) is 18.8. The Morgan fingerprint density at radius 2 is 1.81 bits per heavy atom. The minimum atomic E-state index is -0.647. The van der Waals surface area contributed by atoms with Gasteiger partial charge in [0.15, 0.2) is 5.84 Å². The fourth-order valence-corrected chi connectivity index (χ4v) is 3.38. The lowest BCUT2D eigenvalue weighted by Gasteiger charge is -2.22. The van der Waals surface area contributed by atoms with E-state index in [0.717, 1.165) is 47.5 Å². The molecule has 170 valence electrons. The molecule has 0 saturated carbocycles. The summed E-state index contributed by atoms with van der Waals surface area (Å²) in [6.07, 6.45) is 1.44. The van der Waals surface area contributed by atoms with Crippen LogP contribution in [0.1, 0.15) is 30.9 Å². The number of nitrogens with zero attached hydrogens (tertiary/aromatic N) is 4. The van der Waals surface area contributed by atoms with Crippen LogP contribution in [0.25, 0.3) is 11.1 Å². The maximum absolute atomic E-state index is 5.29. The Balaban J connectivity index is 1.80. The summed E-state index contributed by atoms with van der Waals surface area (Å²) < 4.78 is 10.6. The van der Waals surface area contributed by atoms with E-state index in [1.54, 1.807) is 14.2 Å². The first-order chi connectivity index (χ1) is 15.7. The van der Waals surface area contributed by atoms with Crippen LogP contribution in [0.5, 0.6) is 0 Å². The van der Waals surface area contributed by atoms with Gasteiger partial charge in [0, 0.05) is 26.3 Å². The summed E-state index contributed by atoms with van der Waals surface area (Å²) in [7, 11) is 3.11. The Morgan fingerprint density at radius 1 is 1.09 bits per heavy atom. The summed E-state index contributed by atoms with van der Waals surface area (Å²) in [5, 5.41) is 10.9. The first kappa shape index (κ1) is 23.4. The first-order valence-corrected chi connectivity index (χ1v) is 10.6. The third-order valence-corrected chi connectivity index (χ3v) is 5.03. The van der Waals surface area contributed by atoms with Gasteiger partial charge < -0.3 is 9.47 Å². The van der Waals surface area contributed by atoms with Crippen molar-refractivity contribution < 1.29 is 9.47 Å². The van der Waals surface area contributed by atoms with Crippen molar-refractivity contribution in [1.82, 2.24) is 21.5 Å². The first-order valence-electron chi connectivity index (χ1n) is 10.6.